The molecule has 0 fully saturated rings. The summed E-state index contributed by atoms with van der Waals surface area (Å²) in [5.41, 5.74) is 5.60. The van der Waals surface area contributed by atoms with Gasteiger partial charge in [-0.1, -0.05) is 20.3 Å². The van der Waals surface area contributed by atoms with E-state index in [0.29, 0.717) is 0 Å². The van der Waals surface area contributed by atoms with E-state index in [4.69, 9.17) is 11.0 Å². The minimum absolute atomic E-state index is 0.0225. The summed E-state index contributed by atoms with van der Waals surface area (Å²) in [5, 5.41) is 18.2. The molecule has 0 radical (unpaired) electrons. The number of nitrogens with zero attached hydrogens (tertiary/aromatic N) is 2. The van der Waals surface area contributed by atoms with Gasteiger partial charge in [0.25, 0.3) is 0 Å². The summed E-state index contributed by atoms with van der Waals surface area (Å²) in [7, 11) is 0. The normalized spacial score (nSPS) is 24.1. The summed E-state index contributed by atoms with van der Waals surface area (Å²) in [6.45, 7) is 3.98. The molecule has 3 N–H and O–H groups in total. The second kappa shape index (κ2) is 3.48. The maximum Gasteiger partial charge on any atom is 0.140 e. The maximum absolute atomic E-state index is 9.58. The van der Waals surface area contributed by atoms with Crippen LogP contribution in [0.5, 0.6) is 0 Å². The number of rotatable bonds is 2. The molecule has 1 heterocycles. The van der Waals surface area contributed by atoms with Crippen LogP contribution in [0.25, 0.3) is 0 Å². The standard InChI is InChI=1S/C9H13N3O/c1-3-5(2)7-8(13)6(4-10)9(11)12-7/h5,7,13H,3H2,1-2H3,(H2,11,12). The van der Waals surface area contributed by atoms with Crippen molar-refractivity contribution >= 4 is 5.84 Å². The highest BCUT2D eigenvalue weighted by molar-refractivity contribution is 6.03. The first-order valence-corrected chi connectivity index (χ1v) is 4.28. The average Bonchev–Trinajstić information content (AvgIpc) is 2.40. The quantitative estimate of drug-likeness (QED) is 0.666. The molecular weight excluding hydrogens is 166 g/mol. The summed E-state index contributed by atoms with van der Waals surface area (Å²) in [6, 6.07) is 1.53. The summed E-state index contributed by atoms with van der Waals surface area (Å²) in [6.07, 6.45) is 0.893. The lowest BCUT2D eigenvalue weighted by Gasteiger charge is -2.14. The molecule has 4 nitrogen and oxygen atoms in total. The van der Waals surface area contributed by atoms with Crippen molar-refractivity contribution in [1.82, 2.24) is 0 Å². The van der Waals surface area contributed by atoms with Gasteiger partial charge in [0, 0.05) is 0 Å². The molecule has 0 aliphatic carbocycles. The Kier molecular flexibility index (Phi) is 2.57. The van der Waals surface area contributed by atoms with Gasteiger partial charge in [-0.2, -0.15) is 5.26 Å². The Labute approximate surface area is 77.4 Å². The molecule has 0 aromatic rings. The van der Waals surface area contributed by atoms with Crippen molar-refractivity contribution < 1.29 is 5.11 Å². The lowest BCUT2D eigenvalue weighted by Crippen LogP contribution is -2.16. The molecule has 2 atom stereocenters. The fraction of sp³-hybridized carbons (Fsp3) is 0.556. The van der Waals surface area contributed by atoms with Crippen molar-refractivity contribution in [3.8, 4) is 6.07 Å². The number of nitriles is 1. The van der Waals surface area contributed by atoms with E-state index in [-0.39, 0.29) is 29.1 Å². The molecule has 0 aromatic heterocycles. The van der Waals surface area contributed by atoms with Gasteiger partial charge >= 0.3 is 0 Å². The van der Waals surface area contributed by atoms with E-state index in [0.717, 1.165) is 6.42 Å². The second-order valence-corrected chi connectivity index (χ2v) is 3.22. The fourth-order valence-corrected chi connectivity index (χ4v) is 1.29. The molecule has 0 saturated heterocycles. The van der Waals surface area contributed by atoms with Crippen LogP contribution in [0.3, 0.4) is 0 Å². The summed E-state index contributed by atoms with van der Waals surface area (Å²) in [5.74, 6) is 0.393. The molecule has 2 unspecified atom stereocenters. The first-order chi connectivity index (χ1) is 6.11. The Balaban J connectivity index is 2.97. The predicted molar refractivity (Wildman–Crippen MR) is 50.1 cm³/mol. The van der Waals surface area contributed by atoms with Crippen LogP contribution in [0.1, 0.15) is 20.3 Å². The van der Waals surface area contributed by atoms with Crippen LogP contribution in [0.15, 0.2) is 16.3 Å². The third-order valence-corrected chi connectivity index (χ3v) is 2.37. The Hall–Kier alpha value is -1.50. The largest absolute Gasteiger partial charge is 0.508 e. The van der Waals surface area contributed by atoms with Gasteiger partial charge in [-0.3, -0.25) is 4.99 Å². The monoisotopic (exact) mass is 179 g/mol. The zero-order valence-electron chi connectivity index (χ0n) is 7.78. The number of nitrogens with two attached hydrogens (primary N) is 1. The van der Waals surface area contributed by atoms with E-state index in [1.165, 1.54) is 0 Å². The first kappa shape index (κ1) is 9.59. The average molecular weight is 179 g/mol. The van der Waals surface area contributed by atoms with Crippen molar-refractivity contribution in [2.24, 2.45) is 16.6 Å². The molecule has 13 heavy (non-hydrogen) atoms. The van der Waals surface area contributed by atoms with E-state index < -0.39 is 0 Å². The third kappa shape index (κ3) is 1.50. The van der Waals surface area contributed by atoms with Crippen molar-refractivity contribution in [2.75, 3.05) is 0 Å². The summed E-state index contributed by atoms with van der Waals surface area (Å²) < 4.78 is 0. The van der Waals surface area contributed by atoms with E-state index in [1.807, 2.05) is 19.9 Å². The third-order valence-electron chi connectivity index (χ3n) is 2.37. The number of aliphatic imine (C=N–C) groups is 1. The molecule has 1 aliphatic rings. The topological polar surface area (TPSA) is 82.4 Å². The van der Waals surface area contributed by atoms with Crippen LogP contribution in [0.2, 0.25) is 0 Å². The number of hydrogen-bond acceptors (Lipinski definition) is 4. The van der Waals surface area contributed by atoms with Gasteiger partial charge < -0.3 is 10.8 Å². The Morgan fingerprint density at radius 3 is 2.77 bits per heavy atom. The van der Waals surface area contributed by atoms with Crippen LogP contribution in [0.4, 0.5) is 0 Å². The minimum Gasteiger partial charge on any atom is -0.508 e. The molecule has 0 bridgehead atoms. The highest BCUT2D eigenvalue weighted by atomic mass is 16.3. The van der Waals surface area contributed by atoms with E-state index >= 15 is 0 Å². The molecule has 0 amide bonds. The summed E-state index contributed by atoms with van der Waals surface area (Å²) in [4.78, 5) is 4.04. The SMILES string of the molecule is CCC(C)C1N=C(N)C(C#N)=C1O. The zero-order chi connectivity index (χ0) is 10.0. The lowest BCUT2D eigenvalue weighted by molar-refractivity contribution is 0.326. The number of aliphatic hydroxyl groups excluding tert-OH is 1. The molecule has 0 saturated carbocycles. The molecule has 4 heteroatoms. The van der Waals surface area contributed by atoms with Crippen LogP contribution in [-0.4, -0.2) is 17.0 Å². The predicted octanol–water partition coefficient (Wildman–Crippen LogP) is 1.11. The van der Waals surface area contributed by atoms with Gasteiger partial charge in [0.2, 0.25) is 0 Å². The molecule has 0 aromatic carbocycles. The Morgan fingerprint density at radius 1 is 1.77 bits per heavy atom. The van der Waals surface area contributed by atoms with Crippen LogP contribution >= 0.6 is 0 Å². The van der Waals surface area contributed by atoms with Gasteiger partial charge in [0.15, 0.2) is 0 Å². The summed E-state index contributed by atoms with van der Waals surface area (Å²) >= 11 is 0. The molecule has 1 rings (SSSR count). The van der Waals surface area contributed by atoms with Gasteiger partial charge in [-0.15, -0.1) is 0 Å². The van der Waals surface area contributed by atoms with E-state index in [9.17, 15) is 5.11 Å². The minimum atomic E-state index is -0.320. The highest BCUT2D eigenvalue weighted by Gasteiger charge is 2.29. The molecule has 70 valence electrons. The van der Waals surface area contributed by atoms with Crippen LogP contribution in [-0.2, 0) is 0 Å². The zero-order valence-corrected chi connectivity index (χ0v) is 7.78. The van der Waals surface area contributed by atoms with Crippen molar-refractivity contribution in [1.29, 1.82) is 5.26 Å². The Bertz CT molecular complexity index is 311. The van der Waals surface area contributed by atoms with Crippen molar-refractivity contribution in [3.05, 3.63) is 11.3 Å². The second-order valence-electron chi connectivity index (χ2n) is 3.22. The maximum atomic E-state index is 9.58. The number of hydrogen-bond donors (Lipinski definition) is 2. The van der Waals surface area contributed by atoms with Gasteiger partial charge in [-0.25, -0.2) is 0 Å². The van der Waals surface area contributed by atoms with Crippen molar-refractivity contribution in [2.45, 2.75) is 26.3 Å². The lowest BCUT2D eigenvalue weighted by atomic mass is 9.98. The smallest absolute Gasteiger partial charge is 0.140 e. The molecule has 1 aliphatic heterocycles. The van der Waals surface area contributed by atoms with Crippen molar-refractivity contribution in [3.63, 3.8) is 0 Å². The molecule has 0 spiro atoms. The van der Waals surface area contributed by atoms with Gasteiger partial charge in [-0.05, 0) is 5.92 Å². The van der Waals surface area contributed by atoms with Gasteiger partial charge in [0.1, 0.15) is 29.3 Å². The fourth-order valence-electron chi connectivity index (χ4n) is 1.29. The van der Waals surface area contributed by atoms with Crippen LogP contribution < -0.4 is 5.73 Å². The first-order valence-electron chi connectivity index (χ1n) is 4.28. The van der Waals surface area contributed by atoms with E-state index in [2.05, 4.69) is 4.99 Å². The Morgan fingerprint density at radius 2 is 2.38 bits per heavy atom. The number of aliphatic hydroxyl groups is 1. The molecular formula is C9H13N3O. The van der Waals surface area contributed by atoms with E-state index in [1.54, 1.807) is 0 Å². The number of amidine groups is 1. The van der Waals surface area contributed by atoms with Crippen LogP contribution in [0, 0.1) is 17.2 Å². The van der Waals surface area contributed by atoms with Gasteiger partial charge in [0.05, 0.1) is 0 Å². The highest BCUT2D eigenvalue weighted by Crippen LogP contribution is 2.25.